The van der Waals surface area contributed by atoms with E-state index < -0.39 is 24.3 Å². The molecule has 1 N–H and O–H groups in total. The second-order valence-electron chi connectivity index (χ2n) is 8.48. The fraction of sp³-hybridized carbons (Fsp3) is 0.824. The number of aliphatic carboxylic acids is 1. The Kier molecular flexibility index (Phi) is 3.92. The first-order chi connectivity index (χ1) is 10.6. The highest BCUT2D eigenvalue weighted by Gasteiger charge is 2.54. The number of hydrogen-bond donors (Lipinski definition) is 1. The quantitative estimate of drug-likeness (QED) is 0.783. The molecule has 0 unspecified atom stereocenters. The molecule has 1 aliphatic heterocycles. The summed E-state index contributed by atoms with van der Waals surface area (Å²) in [6, 6.07) is 0. The molecule has 1 heterocycles. The lowest BCUT2D eigenvalue weighted by atomic mass is 9.55. The van der Waals surface area contributed by atoms with E-state index in [4.69, 9.17) is 14.4 Å². The van der Waals surface area contributed by atoms with Crippen molar-refractivity contribution in [2.24, 2.45) is 11.3 Å². The second-order valence-corrected chi connectivity index (χ2v) is 8.48. The molecule has 128 valence electrons. The normalized spacial score (nSPS) is 35.3. The highest BCUT2D eigenvalue weighted by atomic mass is 19.1. The Hall–Kier alpha value is -0.875. The van der Waals surface area contributed by atoms with Gasteiger partial charge in [0.15, 0.2) is 0 Å². The van der Waals surface area contributed by atoms with Crippen LogP contribution in [0, 0.1) is 11.3 Å². The van der Waals surface area contributed by atoms with E-state index in [9.17, 15) is 9.18 Å². The number of rotatable bonds is 2. The van der Waals surface area contributed by atoms with Crippen LogP contribution in [0.1, 0.15) is 66.2 Å². The second kappa shape index (κ2) is 5.31. The first kappa shape index (κ1) is 17.0. The fourth-order valence-electron chi connectivity index (χ4n) is 4.00. The number of carboxylic acids is 1. The van der Waals surface area contributed by atoms with E-state index in [-0.39, 0.29) is 17.1 Å². The molecule has 23 heavy (non-hydrogen) atoms. The molecule has 1 spiro atoms. The van der Waals surface area contributed by atoms with Gasteiger partial charge in [-0.15, -0.1) is 0 Å². The molecular weight excluding hydrogens is 298 g/mol. The van der Waals surface area contributed by atoms with Crippen molar-refractivity contribution < 1.29 is 23.6 Å². The molecule has 3 rings (SSSR count). The number of allylic oxidation sites excluding steroid dienone is 1. The monoisotopic (exact) mass is 324 g/mol. The van der Waals surface area contributed by atoms with Crippen LogP contribution in [0.5, 0.6) is 0 Å². The minimum absolute atomic E-state index is 0.128. The van der Waals surface area contributed by atoms with Crippen LogP contribution in [-0.4, -0.2) is 29.4 Å². The third-order valence-electron chi connectivity index (χ3n) is 6.42. The van der Waals surface area contributed by atoms with Gasteiger partial charge in [-0.1, -0.05) is 0 Å². The average molecular weight is 324 g/mol. The van der Waals surface area contributed by atoms with Gasteiger partial charge >= 0.3 is 13.1 Å². The molecule has 0 bridgehead atoms. The summed E-state index contributed by atoms with van der Waals surface area (Å²) in [6.07, 6.45) is 4.60. The summed E-state index contributed by atoms with van der Waals surface area (Å²) >= 11 is 0. The van der Waals surface area contributed by atoms with E-state index in [0.717, 1.165) is 31.3 Å². The summed E-state index contributed by atoms with van der Waals surface area (Å²) in [6.45, 7) is 7.67. The summed E-state index contributed by atoms with van der Waals surface area (Å²) in [5.74, 6) is -0.895. The Labute approximate surface area is 137 Å². The maximum atomic E-state index is 14.8. The third-order valence-corrected chi connectivity index (χ3v) is 6.42. The molecule has 0 aromatic heterocycles. The van der Waals surface area contributed by atoms with Crippen molar-refractivity contribution >= 4 is 13.1 Å². The smallest absolute Gasteiger partial charge is 0.481 e. The molecule has 3 aliphatic rings. The predicted molar refractivity (Wildman–Crippen MR) is 85.5 cm³/mol. The summed E-state index contributed by atoms with van der Waals surface area (Å²) in [4.78, 5) is 11.0. The highest BCUT2D eigenvalue weighted by Crippen LogP contribution is 2.56. The van der Waals surface area contributed by atoms with Crippen molar-refractivity contribution in [3.05, 3.63) is 11.3 Å². The summed E-state index contributed by atoms with van der Waals surface area (Å²) in [5, 5.41) is 9.03. The molecule has 1 saturated heterocycles. The van der Waals surface area contributed by atoms with Crippen LogP contribution < -0.4 is 0 Å². The van der Waals surface area contributed by atoms with Crippen LogP contribution in [0.3, 0.4) is 0 Å². The van der Waals surface area contributed by atoms with Gasteiger partial charge in [0.25, 0.3) is 0 Å². The zero-order chi connectivity index (χ0) is 17.0. The van der Waals surface area contributed by atoms with Crippen molar-refractivity contribution in [2.45, 2.75) is 77.4 Å². The SMILES string of the molecule is CC1(C)OB(C(F)=C2CCC3(CC2)CC(C(=O)O)C3)OC1(C)C. The topological polar surface area (TPSA) is 55.8 Å². The molecule has 0 atom stereocenters. The maximum Gasteiger partial charge on any atom is 0.525 e. The fourth-order valence-corrected chi connectivity index (χ4v) is 4.00. The van der Waals surface area contributed by atoms with Gasteiger partial charge in [0, 0.05) is 0 Å². The van der Waals surface area contributed by atoms with Crippen molar-refractivity contribution in [1.29, 1.82) is 0 Å². The first-order valence-electron chi connectivity index (χ1n) is 8.51. The predicted octanol–water partition coefficient (Wildman–Crippen LogP) is 3.90. The maximum absolute atomic E-state index is 14.8. The first-order valence-corrected chi connectivity index (χ1v) is 8.51. The molecule has 2 saturated carbocycles. The van der Waals surface area contributed by atoms with Crippen LogP contribution in [0.25, 0.3) is 0 Å². The number of hydrogen-bond acceptors (Lipinski definition) is 3. The zero-order valence-electron chi connectivity index (χ0n) is 14.4. The molecule has 0 amide bonds. The van der Waals surface area contributed by atoms with Crippen LogP contribution >= 0.6 is 0 Å². The lowest BCUT2D eigenvalue weighted by molar-refractivity contribution is -0.151. The van der Waals surface area contributed by atoms with E-state index in [0.29, 0.717) is 12.8 Å². The number of carboxylic acid groups (broad SMARTS) is 1. The van der Waals surface area contributed by atoms with Gasteiger partial charge in [-0.25, -0.2) is 4.39 Å². The minimum atomic E-state index is -0.905. The average Bonchev–Trinajstić information content (AvgIpc) is 2.64. The summed E-state index contributed by atoms with van der Waals surface area (Å²) < 4.78 is 26.4. The van der Waals surface area contributed by atoms with Crippen LogP contribution in [0.15, 0.2) is 11.3 Å². The zero-order valence-corrected chi connectivity index (χ0v) is 14.4. The van der Waals surface area contributed by atoms with Gasteiger partial charge in [-0.05, 0) is 77.2 Å². The van der Waals surface area contributed by atoms with Crippen molar-refractivity contribution in [3.8, 4) is 0 Å². The van der Waals surface area contributed by atoms with Gasteiger partial charge in [-0.2, -0.15) is 0 Å². The molecule has 4 nitrogen and oxygen atoms in total. The van der Waals surface area contributed by atoms with Gasteiger partial charge < -0.3 is 14.4 Å². The Bertz CT molecular complexity index is 521. The third kappa shape index (κ3) is 2.84. The summed E-state index contributed by atoms with van der Waals surface area (Å²) in [7, 11) is -0.905. The van der Waals surface area contributed by atoms with Crippen molar-refractivity contribution in [1.82, 2.24) is 0 Å². The Morgan fingerprint density at radius 2 is 1.61 bits per heavy atom. The molecule has 3 fully saturated rings. The Balaban J connectivity index is 1.63. The van der Waals surface area contributed by atoms with Crippen LogP contribution in [-0.2, 0) is 14.1 Å². The van der Waals surface area contributed by atoms with Crippen molar-refractivity contribution in [3.63, 3.8) is 0 Å². The molecule has 0 aromatic rings. The Morgan fingerprint density at radius 1 is 1.13 bits per heavy atom. The van der Waals surface area contributed by atoms with E-state index in [1.807, 2.05) is 27.7 Å². The molecular formula is C17H26BFO4. The lowest BCUT2D eigenvalue weighted by Gasteiger charge is -2.49. The highest BCUT2D eigenvalue weighted by molar-refractivity contribution is 6.53. The number of carbonyl (C=O) groups is 1. The van der Waals surface area contributed by atoms with Crippen LogP contribution in [0.2, 0.25) is 0 Å². The standard InChI is InChI=1S/C17H26BFO4/c1-15(2)16(3,4)23-18(22-15)13(19)11-5-7-17(8-6-11)9-12(10-17)14(20)21/h12H,5-10H2,1-4H3,(H,20,21). The van der Waals surface area contributed by atoms with E-state index in [1.165, 1.54) is 0 Å². The van der Waals surface area contributed by atoms with Crippen molar-refractivity contribution in [2.75, 3.05) is 0 Å². The molecule has 0 radical (unpaired) electrons. The number of halogens is 1. The summed E-state index contributed by atoms with van der Waals surface area (Å²) in [5.41, 5.74) is -0.425. The lowest BCUT2D eigenvalue weighted by Crippen LogP contribution is -2.42. The Morgan fingerprint density at radius 3 is 2.04 bits per heavy atom. The van der Waals surface area contributed by atoms with Gasteiger partial charge in [0.2, 0.25) is 0 Å². The van der Waals surface area contributed by atoms with E-state index in [1.54, 1.807) is 0 Å². The largest absolute Gasteiger partial charge is 0.525 e. The molecule has 2 aliphatic carbocycles. The van der Waals surface area contributed by atoms with E-state index in [2.05, 4.69) is 0 Å². The van der Waals surface area contributed by atoms with E-state index >= 15 is 0 Å². The molecule has 0 aromatic carbocycles. The van der Waals surface area contributed by atoms with Gasteiger partial charge in [-0.3, -0.25) is 4.79 Å². The minimum Gasteiger partial charge on any atom is -0.481 e. The molecule has 6 heteroatoms. The van der Waals surface area contributed by atoms with Crippen LogP contribution in [0.4, 0.5) is 4.39 Å². The van der Waals surface area contributed by atoms with Gasteiger partial charge in [0.05, 0.1) is 17.1 Å². The van der Waals surface area contributed by atoms with Gasteiger partial charge in [0.1, 0.15) is 5.73 Å².